The molecule has 0 radical (unpaired) electrons. The molecule has 0 aromatic heterocycles. The number of nitrogens with two attached hydrogens (primary N) is 1. The first-order valence-electron chi connectivity index (χ1n) is 8.40. The Morgan fingerprint density at radius 3 is 2.52 bits per heavy atom. The molecule has 25 heavy (non-hydrogen) atoms. The highest BCUT2D eigenvalue weighted by atomic mass is 16.5. The van der Waals surface area contributed by atoms with Gasteiger partial charge in [0.15, 0.2) is 17.5 Å². The first kappa shape index (κ1) is 17.1. The molecule has 1 aliphatic heterocycles. The minimum Gasteiger partial charge on any atom is -0.490 e. The number of rotatable bonds is 5. The molecule has 1 aliphatic rings. The van der Waals surface area contributed by atoms with Crippen molar-refractivity contribution in [3.8, 4) is 11.5 Å². The van der Waals surface area contributed by atoms with Crippen LogP contribution in [-0.4, -0.2) is 30.8 Å². The first-order valence-corrected chi connectivity index (χ1v) is 8.40. The van der Waals surface area contributed by atoms with Crippen LogP contribution in [0.15, 0.2) is 47.5 Å². The third-order valence-electron chi connectivity index (χ3n) is 3.91. The van der Waals surface area contributed by atoms with Crippen LogP contribution in [-0.2, 0) is 13.0 Å². The van der Waals surface area contributed by atoms with Crippen LogP contribution in [0.25, 0.3) is 0 Å². The number of benzene rings is 2. The molecule has 1 heterocycles. The fourth-order valence-electron chi connectivity index (χ4n) is 2.55. The largest absolute Gasteiger partial charge is 0.490 e. The summed E-state index contributed by atoms with van der Waals surface area (Å²) in [6.45, 7) is 1.96. The van der Waals surface area contributed by atoms with Gasteiger partial charge in [-0.3, -0.25) is 4.99 Å². The Kier molecular flexibility index (Phi) is 5.74. The van der Waals surface area contributed by atoms with Crippen LogP contribution in [0.3, 0.4) is 0 Å². The third kappa shape index (κ3) is 4.87. The maximum atomic E-state index is 9.04. The summed E-state index contributed by atoms with van der Waals surface area (Å²) in [5.74, 6) is 1.84. The van der Waals surface area contributed by atoms with Crippen LogP contribution >= 0.6 is 0 Å². The number of anilines is 1. The van der Waals surface area contributed by atoms with Crippen molar-refractivity contribution in [3.63, 3.8) is 0 Å². The van der Waals surface area contributed by atoms with Gasteiger partial charge in [-0.25, -0.2) is 0 Å². The van der Waals surface area contributed by atoms with Crippen LogP contribution in [0.2, 0.25) is 0 Å². The molecule has 0 unspecified atom stereocenters. The number of guanidine groups is 1. The van der Waals surface area contributed by atoms with Gasteiger partial charge in [0.05, 0.1) is 19.8 Å². The Labute approximate surface area is 147 Å². The lowest BCUT2D eigenvalue weighted by Crippen LogP contribution is -2.23. The fraction of sp³-hybridized carbons (Fsp3) is 0.316. The van der Waals surface area contributed by atoms with Crippen molar-refractivity contribution in [2.45, 2.75) is 19.4 Å². The van der Waals surface area contributed by atoms with Crippen LogP contribution in [0, 0.1) is 0 Å². The second-order valence-corrected chi connectivity index (χ2v) is 5.83. The molecule has 2 aromatic rings. The third-order valence-corrected chi connectivity index (χ3v) is 3.91. The first-order chi connectivity index (χ1) is 12.2. The molecule has 0 saturated heterocycles. The van der Waals surface area contributed by atoms with Crippen molar-refractivity contribution in [2.24, 2.45) is 10.7 Å². The van der Waals surface area contributed by atoms with Gasteiger partial charge in [0.2, 0.25) is 0 Å². The minimum absolute atomic E-state index is 0.0604. The Balaban J connectivity index is 1.55. The molecule has 2 aromatic carbocycles. The minimum atomic E-state index is 0.0604. The highest BCUT2D eigenvalue weighted by Crippen LogP contribution is 2.32. The molecule has 132 valence electrons. The van der Waals surface area contributed by atoms with E-state index < -0.39 is 0 Å². The molecule has 0 atom stereocenters. The summed E-state index contributed by atoms with van der Waals surface area (Å²) in [7, 11) is 0. The zero-order valence-electron chi connectivity index (χ0n) is 14.1. The maximum Gasteiger partial charge on any atom is 0.193 e. The second-order valence-electron chi connectivity index (χ2n) is 5.83. The summed E-state index contributed by atoms with van der Waals surface area (Å²) in [5, 5.41) is 12.1. The van der Waals surface area contributed by atoms with Gasteiger partial charge in [-0.1, -0.05) is 24.3 Å². The van der Waals surface area contributed by atoms with E-state index in [-0.39, 0.29) is 6.61 Å². The smallest absolute Gasteiger partial charge is 0.193 e. The normalized spacial score (nSPS) is 14.0. The number of nitrogens with one attached hydrogen (secondary N) is 1. The summed E-state index contributed by atoms with van der Waals surface area (Å²) < 4.78 is 11.3. The summed E-state index contributed by atoms with van der Waals surface area (Å²) in [4.78, 5) is 4.35. The van der Waals surface area contributed by atoms with Gasteiger partial charge in [-0.2, -0.15) is 0 Å². The quantitative estimate of drug-likeness (QED) is 0.574. The maximum absolute atomic E-state index is 9.04. The Morgan fingerprint density at radius 1 is 1.04 bits per heavy atom. The van der Waals surface area contributed by atoms with Crippen LogP contribution in [0.5, 0.6) is 11.5 Å². The van der Waals surface area contributed by atoms with Gasteiger partial charge in [-0.15, -0.1) is 0 Å². The van der Waals surface area contributed by atoms with Crippen molar-refractivity contribution < 1.29 is 14.6 Å². The number of nitrogens with zero attached hydrogens (tertiary/aromatic N) is 1. The molecule has 6 heteroatoms. The number of aliphatic hydroxyl groups excluding tert-OH is 1. The number of fused-ring (bicyclic) bond motifs is 1. The Morgan fingerprint density at radius 2 is 1.76 bits per heavy atom. The highest BCUT2D eigenvalue weighted by Gasteiger charge is 2.10. The number of hydrogen-bond donors (Lipinski definition) is 3. The van der Waals surface area contributed by atoms with E-state index in [9.17, 15) is 0 Å². The van der Waals surface area contributed by atoms with Crippen molar-refractivity contribution in [1.29, 1.82) is 0 Å². The molecular formula is C19H23N3O3. The number of aliphatic imine (C=N–C) groups is 1. The topological polar surface area (TPSA) is 89.1 Å². The van der Waals surface area contributed by atoms with E-state index >= 15 is 0 Å². The van der Waals surface area contributed by atoms with E-state index in [4.69, 9.17) is 20.3 Å². The lowest BCUT2D eigenvalue weighted by atomic mass is 10.1. The lowest BCUT2D eigenvalue weighted by Gasteiger charge is -2.10. The second kappa shape index (κ2) is 8.39. The van der Waals surface area contributed by atoms with Crippen LogP contribution in [0.1, 0.15) is 17.5 Å². The van der Waals surface area contributed by atoms with E-state index in [0.717, 1.165) is 41.2 Å². The summed E-state index contributed by atoms with van der Waals surface area (Å²) in [6.07, 6.45) is 1.66. The van der Waals surface area contributed by atoms with E-state index in [1.807, 2.05) is 42.5 Å². The molecule has 3 rings (SSSR count). The van der Waals surface area contributed by atoms with Crippen LogP contribution in [0.4, 0.5) is 5.69 Å². The zero-order chi connectivity index (χ0) is 17.5. The molecule has 0 fully saturated rings. The van der Waals surface area contributed by atoms with Gasteiger partial charge in [0, 0.05) is 24.7 Å². The molecule has 0 amide bonds. The molecule has 0 aliphatic carbocycles. The number of aliphatic hydroxyl groups is 1. The SMILES string of the molecule is NC(=NCCc1ccc(CO)cc1)Nc1ccc2c(c1)OCCCO2. The highest BCUT2D eigenvalue weighted by molar-refractivity contribution is 5.92. The van der Waals surface area contributed by atoms with Crippen LogP contribution < -0.4 is 20.5 Å². The Hall–Kier alpha value is -2.73. The van der Waals surface area contributed by atoms with Gasteiger partial charge in [0.1, 0.15) is 0 Å². The van der Waals surface area contributed by atoms with Crippen molar-refractivity contribution in [2.75, 3.05) is 25.1 Å². The van der Waals surface area contributed by atoms with Crippen molar-refractivity contribution in [1.82, 2.24) is 0 Å². The van der Waals surface area contributed by atoms with E-state index in [1.54, 1.807) is 0 Å². The van der Waals surface area contributed by atoms with Gasteiger partial charge in [-0.05, 0) is 29.7 Å². The van der Waals surface area contributed by atoms with Gasteiger partial charge >= 0.3 is 0 Å². The predicted octanol–water partition coefficient (Wildman–Crippen LogP) is 2.31. The molecular weight excluding hydrogens is 318 g/mol. The van der Waals surface area contributed by atoms with E-state index in [0.29, 0.717) is 25.7 Å². The molecule has 6 nitrogen and oxygen atoms in total. The summed E-state index contributed by atoms with van der Waals surface area (Å²) in [5.41, 5.74) is 8.84. The lowest BCUT2D eigenvalue weighted by molar-refractivity contribution is 0.282. The summed E-state index contributed by atoms with van der Waals surface area (Å²) in [6, 6.07) is 13.5. The average molecular weight is 341 g/mol. The number of ether oxygens (including phenoxy) is 2. The molecule has 0 saturated carbocycles. The number of hydrogen-bond acceptors (Lipinski definition) is 4. The van der Waals surface area contributed by atoms with Crippen molar-refractivity contribution in [3.05, 3.63) is 53.6 Å². The van der Waals surface area contributed by atoms with Gasteiger partial charge < -0.3 is 25.6 Å². The monoisotopic (exact) mass is 341 g/mol. The molecule has 0 bridgehead atoms. The average Bonchev–Trinajstić information content (AvgIpc) is 2.87. The molecule has 0 spiro atoms. The standard InChI is InChI=1S/C19H23N3O3/c20-19(21-9-8-14-2-4-15(13-23)5-3-14)22-16-6-7-17-18(12-16)25-11-1-10-24-17/h2-7,12,23H,1,8-11,13H2,(H3,20,21,22). The predicted molar refractivity (Wildman–Crippen MR) is 98.2 cm³/mol. The fourth-order valence-corrected chi connectivity index (χ4v) is 2.55. The van der Waals surface area contributed by atoms with E-state index in [2.05, 4.69) is 10.3 Å². The zero-order valence-corrected chi connectivity index (χ0v) is 14.1. The summed E-state index contributed by atoms with van der Waals surface area (Å²) >= 11 is 0. The van der Waals surface area contributed by atoms with Gasteiger partial charge in [0.25, 0.3) is 0 Å². The Bertz CT molecular complexity index is 729. The molecule has 4 N–H and O–H groups in total. The van der Waals surface area contributed by atoms with E-state index in [1.165, 1.54) is 0 Å². The van der Waals surface area contributed by atoms with Crippen molar-refractivity contribution >= 4 is 11.6 Å².